The fraction of sp³-hybridized carbons (Fsp3) is 0.667. The molecule has 0 N–H and O–H groups in total. The molecule has 0 aromatic heterocycles. The molecule has 0 saturated carbocycles. The number of unbranched alkanes of at least 4 members (excludes halogenated alkanes) is 2. The van der Waals surface area contributed by atoms with Gasteiger partial charge in [0.25, 0.3) is 0 Å². The highest BCUT2D eigenvalue weighted by Crippen LogP contribution is 2.00. The van der Waals surface area contributed by atoms with Crippen molar-refractivity contribution in [2.75, 3.05) is 12.8 Å². The van der Waals surface area contributed by atoms with Crippen molar-refractivity contribution in [3.63, 3.8) is 0 Å². The first kappa shape index (κ1) is 11.6. The third-order valence-corrected chi connectivity index (χ3v) is 1.84. The summed E-state index contributed by atoms with van der Waals surface area (Å²) in [6, 6.07) is 0. The van der Waals surface area contributed by atoms with Crippen LogP contribution in [0.4, 0.5) is 0 Å². The Kier molecular flexibility index (Phi) is 7.08. The number of hydrogen-bond donors (Lipinski definition) is 0. The van der Waals surface area contributed by atoms with Gasteiger partial charge in [0.15, 0.2) is 0 Å². The van der Waals surface area contributed by atoms with Crippen molar-refractivity contribution in [1.82, 2.24) is 0 Å². The van der Waals surface area contributed by atoms with E-state index in [0.29, 0.717) is 12.2 Å². The third kappa shape index (κ3) is 6.36. The van der Waals surface area contributed by atoms with E-state index in [9.17, 15) is 4.79 Å². The average Bonchev–Trinajstić information content (AvgIpc) is 2.03. The van der Waals surface area contributed by atoms with E-state index in [4.69, 9.17) is 4.74 Å². The molecule has 3 heteroatoms. The Hall–Kier alpha value is -0.360. The third-order valence-electron chi connectivity index (χ3n) is 1.43. The Morgan fingerprint density at radius 3 is 2.58 bits per heavy atom. The first-order valence-corrected chi connectivity index (χ1v) is 5.03. The van der Waals surface area contributed by atoms with Gasteiger partial charge in [-0.25, -0.2) is 4.79 Å². The van der Waals surface area contributed by atoms with E-state index in [0.717, 1.165) is 19.0 Å². The fourth-order valence-electron chi connectivity index (χ4n) is 0.711. The molecule has 0 aliphatic heterocycles. The quantitative estimate of drug-likeness (QED) is 0.276. The summed E-state index contributed by atoms with van der Waals surface area (Å²) >= 11 is 0. The molecule has 0 saturated heterocycles. The van der Waals surface area contributed by atoms with Gasteiger partial charge in [0, 0.05) is 5.57 Å². The molecule has 1 atom stereocenters. The van der Waals surface area contributed by atoms with Crippen LogP contribution < -0.4 is 0 Å². The van der Waals surface area contributed by atoms with Crippen molar-refractivity contribution < 1.29 is 9.53 Å². The molecule has 0 aromatic rings. The molecule has 70 valence electrons. The molecule has 0 amide bonds. The summed E-state index contributed by atoms with van der Waals surface area (Å²) in [4.78, 5) is 10.8. The highest BCUT2D eigenvalue weighted by molar-refractivity contribution is 7.16. The molecule has 0 aromatic carbocycles. The number of carbonyl (C=O) groups excluding carboxylic acids is 1. The molecule has 0 spiro atoms. The predicted octanol–water partition coefficient (Wildman–Crippen LogP) is 2.15. The van der Waals surface area contributed by atoms with Crippen LogP contribution in [0.2, 0.25) is 0 Å². The molecule has 0 bridgehead atoms. The van der Waals surface area contributed by atoms with Crippen LogP contribution in [0.1, 0.15) is 26.2 Å². The van der Waals surface area contributed by atoms with Gasteiger partial charge in [-0.15, -0.1) is 9.24 Å². The fourth-order valence-corrected chi connectivity index (χ4v) is 1.000. The van der Waals surface area contributed by atoms with Crippen LogP contribution in [0, 0.1) is 0 Å². The van der Waals surface area contributed by atoms with Crippen molar-refractivity contribution in [3.8, 4) is 0 Å². The molecular formula is C9H17O2P. The van der Waals surface area contributed by atoms with Gasteiger partial charge in [-0.3, -0.25) is 0 Å². The lowest BCUT2D eigenvalue weighted by atomic mass is 10.3. The van der Waals surface area contributed by atoms with Crippen molar-refractivity contribution in [1.29, 1.82) is 0 Å². The van der Waals surface area contributed by atoms with Crippen LogP contribution >= 0.6 is 9.24 Å². The monoisotopic (exact) mass is 188 g/mol. The SMILES string of the molecule is C=C(C)C(=O)OCCCCCP. The second kappa shape index (κ2) is 7.30. The van der Waals surface area contributed by atoms with Crippen molar-refractivity contribution in [3.05, 3.63) is 12.2 Å². The van der Waals surface area contributed by atoms with Crippen molar-refractivity contribution in [2.45, 2.75) is 26.2 Å². The van der Waals surface area contributed by atoms with Gasteiger partial charge in [0.05, 0.1) is 6.61 Å². The molecule has 2 nitrogen and oxygen atoms in total. The molecule has 0 fully saturated rings. The van der Waals surface area contributed by atoms with E-state index in [1.165, 1.54) is 6.42 Å². The van der Waals surface area contributed by atoms with Gasteiger partial charge in [-0.2, -0.15) is 0 Å². The van der Waals surface area contributed by atoms with Gasteiger partial charge in [0.1, 0.15) is 0 Å². The Labute approximate surface area is 76.6 Å². The zero-order valence-corrected chi connectivity index (χ0v) is 8.79. The normalized spacial score (nSPS) is 9.50. The molecule has 0 rings (SSSR count). The van der Waals surface area contributed by atoms with Crippen LogP contribution in [0.3, 0.4) is 0 Å². The minimum absolute atomic E-state index is 0.277. The maximum Gasteiger partial charge on any atom is 0.333 e. The van der Waals surface area contributed by atoms with E-state index < -0.39 is 0 Å². The van der Waals surface area contributed by atoms with Gasteiger partial charge in [0.2, 0.25) is 0 Å². The second-order valence-electron chi connectivity index (χ2n) is 2.77. The zero-order valence-electron chi connectivity index (χ0n) is 7.64. The topological polar surface area (TPSA) is 26.3 Å². The van der Waals surface area contributed by atoms with Crippen molar-refractivity contribution in [2.24, 2.45) is 0 Å². The Morgan fingerprint density at radius 2 is 2.08 bits per heavy atom. The lowest BCUT2D eigenvalue weighted by Crippen LogP contribution is -2.05. The highest BCUT2D eigenvalue weighted by atomic mass is 31.0. The minimum atomic E-state index is -0.277. The average molecular weight is 188 g/mol. The summed E-state index contributed by atoms with van der Waals surface area (Å²) in [7, 11) is 2.68. The second-order valence-corrected chi connectivity index (χ2v) is 3.34. The van der Waals surface area contributed by atoms with E-state index in [1.807, 2.05) is 0 Å². The first-order chi connectivity index (χ1) is 5.68. The summed E-state index contributed by atoms with van der Waals surface area (Å²) in [5, 5.41) is 0. The van der Waals surface area contributed by atoms with Crippen LogP contribution in [-0.4, -0.2) is 18.7 Å². The first-order valence-electron chi connectivity index (χ1n) is 4.21. The standard InChI is InChI=1S/C9H17O2P/c1-8(2)9(10)11-6-4-3-5-7-12/h1,3-7,12H2,2H3. The van der Waals surface area contributed by atoms with Gasteiger partial charge < -0.3 is 4.74 Å². The molecule has 1 unspecified atom stereocenters. The Morgan fingerprint density at radius 1 is 1.42 bits per heavy atom. The molecule has 0 heterocycles. The summed E-state index contributed by atoms with van der Waals surface area (Å²) < 4.78 is 4.90. The molecule has 0 aliphatic rings. The van der Waals surface area contributed by atoms with E-state index >= 15 is 0 Å². The van der Waals surface area contributed by atoms with Crippen LogP contribution in [0.25, 0.3) is 0 Å². The largest absolute Gasteiger partial charge is 0.462 e. The lowest BCUT2D eigenvalue weighted by molar-refractivity contribution is -0.139. The van der Waals surface area contributed by atoms with E-state index in [1.54, 1.807) is 6.92 Å². The summed E-state index contributed by atoms with van der Waals surface area (Å²) in [6.45, 7) is 5.67. The maximum absolute atomic E-state index is 10.8. The molecular weight excluding hydrogens is 171 g/mol. The van der Waals surface area contributed by atoms with Crippen LogP contribution in [0.15, 0.2) is 12.2 Å². The molecule has 12 heavy (non-hydrogen) atoms. The van der Waals surface area contributed by atoms with Gasteiger partial charge >= 0.3 is 5.97 Å². The summed E-state index contributed by atoms with van der Waals surface area (Å²) in [6.07, 6.45) is 4.37. The number of ether oxygens (including phenoxy) is 1. The van der Waals surface area contributed by atoms with Crippen LogP contribution in [-0.2, 0) is 9.53 Å². The van der Waals surface area contributed by atoms with Gasteiger partial charge in [-0.05, 0) is 32.3 Å². The van der Waals surface area contributed by atoms with E-state index in [-0.39, 0.29) is 5.97 Å². The predicted molar refractivity (Wildman–Crippen MR) is 54.2 cm³/mol. The Balaban J connectivity index is 3.20. The van der Waals surface area contributed by atoms with Crippen LogP contribution in [0.5, 0.6) is 0 Å². The highest BCUT2D eigenvalue weighted by Gasteiger charge is 2.00. The maximum atomic E-state index is 10.8. The molecule has 0 radical (unpaired) electrons. The number of carbonyl (C=O) groups is 1. The zero-order chi connectivity index (χ0) is 9.40. The van der Waals surface area contributed by atoms with Gasteiger partial charge in [-0.1, -0.05) is 6.58 Å². The summed E-state index contributed by atoms with van der Waals surface area (Å²) in [5.41, 5.74) is 0.473. The number of esters is 1. The Bertz CT molecular complexity index is 155. The number of hydrogen-bond acceptors (Lipinski definition) is 2. The van der Waals surface area contributed by atoms with E-state index in [2.05, 4.69) is 15.8 Å². The summed E-state index contributed by atoms with van der Waals surface area (Å²) in [5.74, 6) is -0.277. The minimum Gasteiger partial charge on any atom is -0.462 e. The molecule has 0 aliphatic carbocycles. The smallest absolute Gasteiger partial charge is 0.333 e. The number of rotatable bonds is 6. The lowest BCUT2D eigenvalue weighted by Gasteiger charge is -2.02. The van der Waals surface area contributed by atoms with Crippen molar-refractivity contribution >= 4 is 15.2 Å².